The van der Waals surface area contributed by atoms with Gasteiger partial charge in [-0.05, 0) is 42.0 Å². The second-order valence-electron chi connectivity index (χ2n) is 6.12. The molecule has 0 radical (unpaired) electrons. The summed E-state index contributed by atoms with van der Waals surface area (Å²) in [6.07, 6.45) is 3.40. The van der Waals surface area contributed by atoms with Gasteiger partial charge >= 0.3 is 6.03 Å². The molecule has 3 rings (SSSR count). The van der Waals surface area contributed by atoms with Crippen LogP contribution in [0.5, 0.6) is 0 Å². The lowest BCUT2D eigenvalue weighted by Gasteiger charge is -2.36. The zero-order valence-electron chi connectivity index (χ0n) is 12.6. The van der Waals surface area contributed by atoms with Gasteiger partial charge in [-0.3, -0.25) is 0 Å². The van der Waals surface area contributed by atoms with E-state index in [4.69, 9.17) is 0 Å². The van der Waals surface area contributed by atoms with Crippen molar-refractivity contribution in [2.75, 3.05) is 13.1 Å². The molecule has 4 heteroatoms. The first-order valence-corrected chi connectivity index (χ1v) is 7.86. The molecule has 0 saturated heterocycles. The number of hydrogen-bond acceptors (Lipinski definition) is 2. The number of fused-ring (bicyclic) bond motifs is 1. The SMILES string of the molecule is O=C(NCCc1ccc2ccccc2c1)NCC1(O)CCC1. The van der Waals surface area contributed by atoms with Gasteiger partial charge < -0.3 is 15.7 Å². The Balaban J connectivity index is 1.44. The molecular weight excluding hydrogens is 276 g/mol. The maximum absolute atomic E-state index is 11.7. The van der Waals surface area contributed by atoms with E-state index in [1.807, 2.05) is 12.1 Å². The quantitative estimate of drug-likeness (QED) is 0.794. The zero-order valence-corrected chi connectivity index (χ0v) is 12.6. The summed E-state index contributed by atoms with van der Waals surface area (Å²) < 4.78 is 0. The minimum atomic E-state index is -0.671. The molecule has 2 aromatic carbocycles. The van der Waals surface area contributed by atoms with Crippen LogP contribution in [0.15, 0.2) is 42.5 Å². The molecule has 0 bridgehead atoms. The van der Waals surface area contributed by atoms with Crippen LogP contribution in [-0.2, 0) is 6.42 Å². The summed E-state index contributed by atoms with van der Waals surface area (Å²) in [6.45, 7) is 0.928. The molecule has 2 amide bonds. The number of urea groups is 1. The summed E-state index contributed by atoms with van der Waals surface area (Å²) >= 11 is 0. The van der Waals surface area contributed by atoms with Crippen molar-refractivity contribution in [2.24, 2.45) is 0 Å². The van der Waals surface area contributed by atoms with Crippen LogP contribution in [0.4, 0.5) is 4.79 Å². The monoisotopic (exact) mass is 298 g/mol. The van der Waals surface area contributed by atoms with Crippen molar-refractivity contribution in [3.8, 4) is 0 Å². The summed E-state index contributed by atoms with van der Waals surface area (Å²) in [5.74, 6) is 0. The molecule has 1 aliphatic rings. The van der Waals surface area contributed by atoms with Crippen molar-refractivity contribution in [3.05, 3.63) is 48.0 Å². The first-order valence-electron chi connectivity index (χ1n) is 7.86. The molecule has 0 aromatic heterocycles. The Hall–Kier alpha value is -2.07. The van der Waals surface area contributed by atoms with E-state index in [2.05, 4.69) is 41.0 Å². The van der Waals surface area contributed by atoms with Gasteiger partial charge in [0.15, 0.2) is 0 Å². The Morgan fingerprint density at radius 1 is 1.09 bits per heavy atom. The van der Waals surface area contributed by atoms with Crippen LogP contribution in [0.2, 0.25) is 0 Å². The molecule has 0 spiro atoms. The van der Waals surface area contributed by atoms with Crippen LogP contribution in [0.3, 0.4) is 0 Å². The van der Waals surface area contributed by atoms with Crippen LogP contribution in [-0.4, -0.2) is 29.8 Å². The number of rotatable bonds is 5. The van der Waals surface area contributed by atoms with Crippen molar-refractivity contribution in [1.82, 2.24) is 10.6 Å². The third kappa shape index (κ3) is 3.57. The predicted octanol–water partition coefficient (Wildman–Crippen LogP) is 2.60. The van der Waals surface area contributed by atoms with Gasteiger partial charge in [-0.1, -0.05) is 42.5 Å². The van der Waals surface area contributed by atoms with E-state index in [0.29, 0.717) is 13.1 Å². The van der Waals surface area contributed by atoms with Gasteiger partial charge in [0.1, 0.15) is 0 Å². The predicted molar refractivity (Wildman–Crippen MR) is 87.9 cm³/mol. The van der Waals surface area contributed by atoms with Crippen molar-refractivity contribution in [2.45, 2.75) is 31.3 Å². The van der Waals surface area contributed by atoms with Crippen molar-refractivity contribution >= 4 is 16.8 Å². The van der Waals surface area contributed by atoms with Crippen molar-refractivity contribution in [3.63, 3.8) is 0 Å². The normalized spacial score (nSPS) is 16.0. The lowest BCUT2D eigenvalue weighted by Crippen LogP contribution is -2.50. The standard InChI is InChI=1S/C18H22N2O2/c21-17(20-13-18(22)9-3-10-18)19-11-8-14-6-7-15-4-1-2-5-16(15)12-14/h1-2,4-7,12,22H,3,8-11,13H2,(H2,19,20,21). The third-order valence-corrected chi connectivity index (χ3v) is 4.38. The molecule has 4 nitrogen and oxygen atoms in total. The van der Waals surface area contributed by atoms with E-state index in [-0.39, 0.29) is 6.03 Å². The fraction of sp³-hybridized carbons (Fsp3) is 0.389. The summed E-state index contributed by atoms with van der Waals surface area (Å²) in [4.78, 5) is 11.7. The van der Waals surface area contributed by atoms with Crippen molar-refractivity contribution in [1.29, 1.82) is 0 Å². The summed E-state index contributed by atoms with van der Waals surface area (Å²) in [6, 6.07) is 14.4. The Morgan fingerprint density at radius 3 is 2.59 bits per heavy atom. The smallest absolute Gasteiger partial charge is 0.314 e. The molecule has 1 aliphatic carbocycles. The zero-order chi connectivity index (χ0) is 15.4. The van der Waals surface area contributed by atoms with E-state index in [9.17, 15) is 9.90 Å². The molecule has 1 saturated carbocycles. The molecule has 2 aromatic rings. The summed E-state index contributed by atoms with van der Waals surface area (Å²) in [7, 11) is 0. The Kier molecular flexibility index (Phi) is 4.29. The average Bonchev–Trinajstić information content (AvgIpc) is 2.51. The van der Waals surface area contributed by atoms with Crippen LogP contribution in [0, 0.1) is 0 Å². The van der Waals surface area contributed by atoms with Crippen molar-refractivity contribution < 1.29 is 9.90 Å². The number of amides is 2. The highest BCUT2D eigenvalue weighted by molar-refractivity contribution is 5.83. The van der Waals surface area contributed by atoms with Gasteiger partial charge in [0, 0.05) is 13.1 Å². The molecule has 0 atom stereocenters. The molecule has 3 N–H and O–H groups in total. The Labute approximate surface area is 130 Å². The highest BCUT2D eigenvalue weighted by atomic mass is 16.3. The van der Waals surface area contributed by atoms with Gasteiger partial charge in [-0.25, -0.2) is 4.79 Å². The Bertz CT molecular complexity index is 665. The molecule has 1 fully saturated rings. The lowest BCUT2D eigenvalue weighted by molar-refractivity contribution is -0.0290. The average molecular weight is 298 g/mol. The van der Waals surface area contributed by atoms with Gasteiger partial charge in [0.05, 0.1) is 5.60 Å². The minimum Gasteiger partial charge on any atom is -0.388 e. The fourth-order valence-electron chi connectivity index (χ4n) is 2.78. The molecule has 0 aliphatic heterocycles. The van der Waals surface area contributed by atoms with Gasteiger partial charge in [-0.2, -0.15) is 0 Å². The van der Waals surface area contributed by atoms with Crippen LogP contribution >= 0.6 is 0 Å². The minimum absolute atomic E-state index is 0.207. The number of benzene rings is 2. The largest absolute Gasteiger partial charge is 0.388 e. The molecule has 22 heavy (non-hydrogen) atoms. The first-order chi connectivity index (χ1) is 10.6. The van der Waals surface area contributed by atoms with E-state index in [0.717, 1.165) is 25.7 Å². The van der Waals surface area contributed by atoms with E-state index in [1.54, 1.807) is 0 Å². The Morgan fingerprint density at radius 2 is 1.86 bits per heavy atom. The topological polar surface area (TPSA) is 61.4 Å². The van der Waals surface area contributed by atoms with E-state index < -0.39 is 5.60 Å². The van der Waals surface area contributed by atoms with E-state index >= 15 is 0 Å². The fourth-order valence-corrected chi connectivity index (χ4v) is 2.78. The number of hydrogen-bond donors (Lipinski definition) is 3. The van der Waals surface area contributed by atoms with Crippen LogP contribution < -0.4 is 10.6 Å². The number of carbonyl (C=O) groups is 1. The summed E-state index contributed by atoms with van der Waals surface area (Å²) in [5.41, 5.74) is 0.534. The highest BCUT2D eigenvalue weighted by Gasteiger charge is 2.34. The van der Waals surface area contributed by atoms with Crippen LogP contribution in [0.1, 0.15) is 24.8 Å². The van der Waals surface area contributed by atoms with Gasteiger partial charge in [-0.15, -0.1) is 0 Å². The lowest BCUT2D eigenvalue weighted by atomic mass is 9.80. The number of carbonyl (C=O) groups excluding carboxylic acids is 1. The third-order valence-electron chi connectivity index (χ3n) is 4.38. The maximum atomic E-state index is 11.7. The highest BCUT2D eigenvalue weighted by Crippen LogP contribution is 2.30. The van der Waals surface area contributed by atoms with Crippen LogP contribution in [0.25, 0.3) is 10.8 Å². The summed E-state index contributed by atoms with van der Waals surface area (Å²) in [5, 5.41) is 17.9. The first kappa shape index (κ1) is 14.9. The van der Waals surface area contributed by atoms with Gasteiger partial charge in [0.2, 0.25) is 0 Å². The second-order valence-corrected chi connectivity index (χ2v) is 6.12. The molecule has 0 unspecified atom stereocenters. The molecular formula is C18H22N2O2. The number of nitrogens with one attached hydrogen (secondary N) is 2. The number of aliphatic hydroxyl groups is 1. The maximum Gasteiger partial charge on any atom is 0.314 e. The van der Waals surface area contributed by atoms with E-state index in [1.165, 1.54) is 16.3 Å². The second kappa shape index (κ2) is 6.36. The molecule has 0 heterocycles. The van der Waals surface area contributed by atoms with Gasteiger partial charge in [0.25, 0.3) is 0 Å². The molecule has 116 valence electrons.